The molecule has 0 radical (unpaired) electrons. The smallest absolute Gasteiger partial charge is 0.125 e. The van der Waals surface area contributed by atoms with Crippen molar-refractivity contribution >= 4 is 10.9 Å². The second kappa shape index (κ2) is 7.45. The predicted octanol–water partition coefficient (Wildman–Crippen LogP) is 5.66. The van der Waals surface area contributed by atoms with Gasteiger partial charge in [0.05, 0.1) is 0 Å². The summed E-state index contributed by atoms with van der Waals surface area (Å²) in [4.78, 5) is 12.4. The standard InChI is InChI=1S/C25H26N4/c1-16(18-7-4-3-5-8-18)28-23-10-6-9-22-21-12-11-19(13-24(21)29-25(22)23)20-14-26-17(2)27-15-20/h3-5,7-8,11-16,23,28-29H,6,9-10H2,1-2H3/t16-,23?/m1/s1. The molecule has 0 fully saturated rings. The van der Waals surface area contributed by atoms with Crippen LogP contribution in [0.1, 0.15) is 54.5 Å². The molecule has 4 aromatic rings. The molecular formula is C25H26N4. The minimum atomic E-state index is 0.318. The minimum absolute atomic E-state index is 0.318. The molecule has 5 rings (SSSR count). The lowest BCUT2D eigenvalue weighted by molar-refractivity contribution is 0.410. The number of H-pyrrole nitrogens is 1. The van der Waals surface area contributed by atoms with Crippen molar-refractivity contribution in [2.75, 3.05) is 0 Å². The molecule has 4 heteroatoms. The molecule has 2 aromatic heterocycles. The second-order valence-corrected chi connectivity index (χ2v) is 8.04. The van der Waals surface area contributed by atoms with Gasteiger partial charge >= 0.3 is 0 Å². The summed E-state index contributed by atoms with van der Waals surface area (Å²) in [5.74, 6) is 0.798. The average Bonchev–Trinajstić information content (AvgIpc) is 3.14. The van der Waals surface area contributed by atoms with E-state index in [1.54, 1.807) is 0 Å². The minimum Gasteiger partial charge on any atom is -0.357 e. The van der Waals surface area contributed by atoms with Crippen molar-refractivity contribution in [1.29, 1.82) is 0 Å². The molecule has 0 aliphatic heterocycles. The van der Waals surface area contributed by atoms with Crippen LogP contribution < -0.4 is 5.32 Å². The highest BCUT2D eigenvalue weighted by Gasteiger charge is 2.25. The monoisotopic (exact) mass is 382 g/mol. The normalized spacial score (nSPS) is 17.2. The first-order chi connectivity index (χ1) is 14.2. The Bertz CT molecular complexity index is 1130. The van der Waals surface area contributed by atoms with Crippen molar-refractivity contribution in [3.8, 4) is 11.1 Å². The molecule has 0 saturated heterocycles. The van der Waals surface area contributed by atoms with Gasteiger partial charge in [0.2, 0.25) is 0 Å². The zero-order valence-corrected chi connectivity index (χ0v) is 16.9. The fourth-order valence-corrected chi connectivity index (χ4v) is 4.50. The van der Waals surface area contributed by atoms with Gasteiger partial charge < -0.3 is 10.3 Å². The van der Waals surface area contributed by atoms with Crippen LogP contribution in [0.4, 0.5) is 0 Å². The quantitative estimate of drug-likeness (QED) is 0.479. The molecule has 29 heavy (non-hydrogen) atoms. The second-order valence-electron chi connectivity index (χ2n) is 8.04. The Balaban J connectivity index is 1.48. The topological polar surface area (TPSA) is 53.6 Å². The van der Waals surface area contributed by atoms with E-state index in [0.29, 0.717) is 12.1 Å². The average molecular weight is 383 g/mol. The summed E-state index contributed by atoms with van der Waals surface area (Å²) >= 11 is 0. The summed E-state index contributed by atoms with van der Waals surface area (Å²) in [7, 11) is 0. The zero-order valence-electron chi connectivity index (χ0n) is 16.9. The number of aromatic nitrogens is 3. The van der Waals surface area contributed by atoms with Crippen molar-refractivity contribution < 1.29 is 0 Å². The molecule has 1 aliphatic rings. The Morgan fingerprint density at radius 2 is 1.83 bits per heavy atom. The number of aromatic amines is 1. The van der Waals surface area contributed by atoms with Gasteiger partial charge in [0.1, 0.15) is 5.82 Å². The Labute approximate surface area is 171 Å². The number of fused-ring (bicyclic) bond motifs is 3. The van der Waals surface area contributed by atoms with Crippen molar-refractivity contribution in [2.45, 2.75) is 45.2 Å². The molecule has 0 saturated carbocycles. The summed E-state index contributed by atoms with van der Waals surface area (Å²) in [6.07, 6.45) is 7.32. The van der Waals surface area contributed by atoms with Crippen molar-refractivity contribution in [2.24, 2.45) is 0 Å². The summed E-state index contributed by atoms with van der Waals surface area (Å²) in [6, 6.07) is 18.0. The van der Waals surface area contributed by atoms with E-state index in [9.17, 15) is 0 Å². The SMILES string of the molecule is Cc1ncc(-c2ccc3c4c([nH]c3c2)C(N[C@H](C)c2ccccc2)CCC4)cn1. The Kier molecular flexibility index (Phi) is 4.64. The summed E-state index contributed by atoms with van der Waals surface area (Å²) < 4.78 is 0. The van der Waals surface area contributed by atoms with E-state index >= 15 is 0 Å². The first-order valence-corrected chi connectivity index (χ1v) is 10.4. The lowest BCUT2D eigenvalue weighted by Crippen LogP contribution is -2.27. The fourth-order valence-electron chi connectivity index (χ4n) is 4.50. The van der Waals surface area contributed by atoms with Crippen LogP contribution in [-0.2, 0) is 6.42 Å². The number of rotatable bonds is 4. The molecule has 4 nitrogen and oxygen atoms in total. The van der Waals surface area contributed by atoms with Gasteiger partial charge in [0, 0.05) is 46.6 Å². The van der Waals surface area contributed by atoms with Gasteiger partial charge in [-0.05, 0) is 55.9 Å². The predicted molar refractivity (Wildman–Crippen MR) is 118 cm³/mol. The highest BCUT2D eigenvalue weighted by Crippen LogP contribution is 2.37. The van der Waals surface area contributed by atoms with E-state index in [4.69, 9.17) is 0 Å². The van der Waals surface area contributed by atoms with Gasteiger partial charge in [0.25, 0.3) is 0 Å². The molecule has 2 atom stereocenters. The molecule has 0 amide bonds. The van der Waals surface area contributed by atoms with Crippen molar-refractivity contribution in [3.63, 3.8) is 0 Å². The third kappa shape index (κ3) is 3.45. The van der Waals surface area contributed by atoms with Gasteiger partial charge in [-0.1, -0.05) is 42.5 Å². The maximum atomic E-state index is 4.34. The number of benzene rings is 2. The molecule has 2 aromatic carbocycles. The van der Waals surface area contributed by atoms with E-state index < -0.39 is 0 Å². The summed E-state index contributed by atoms with van der Waals surface area (Å²) in [5.41, 5.74) is 7.56. The maximum Gasteiger partial charge on any atom is 0.125 e. The molecule has 0 spiro atoms. The number of aryl methyl sites for hydroxylation is 2. The van der Waals surface area contributed by atoms with E-state index in [2.05, 4.69) is 75.7 Å². The van der Waals surface area contributed by atoms with E-state index in [1.807, 2.05) is 19.3 Å². The third-order valence-corrected chi connectivity index (χ3v) is 6.07. The van der Waals surface area contributed by atoms with Crippen LogP contribution in [0.25, 0.3) is 22.0 Å². The molecule has 2 N–H and O–H groups in total. The number of nitrogens with one attached hydrogen (secondary N) is 2. The Morgan fingerprint density at radius 1 is 1.03 bits per heavy atom. The van der Waals surface area contributed by atoms with Crippen LogP contribution >= 0.6 is 0 Å². The van der Waals surface area contributed by atoms with Crippen LogP contribution in [0.15, 0.2) is 60.9 Å². The van der Waals surface area contributed by atoms with Gasteiger partial charge in [0.15, 0.2) is 0 Å². The maximum absolute atomic E-state index is 4.34. The molecule has 1 unspecified atom stereocenters. The highest BCUT2D eigenvalue weighted by atomic mass is 15.0. The molecular weight excluding hydrogens is 356 g/mol. The lowest BCUT2D eigenvalue weighted by atomic mass is 9.90. The number of hydrogen-bond donors (Lipinski definition) is 2. The molecule has 2 heterocycles. The summed E-state index contributed by atoms with van der Waals surface area (Å²) in [6.45, 7) is 4.16. The molecule has 0 bridgehead atoms. The number of hydrogen-bond acceptors (Lipinski definition) is 3. The van der Waals surface area contributed by atoms with Gasteiger partial charge in [-0.2, -0.15) is 0 Å². The van der Waals surface area contributed by atoms with Gasteiger partial charge in [-0.15, -0.1) is 0 Å². The zero-order chi connectivity index (χ0) is 19.8. The van der Waals surface area contributed by atoms with E-state index in [1.165, 1.54) is 34.1 Å². The van der Waals surface area contributed by atoms with Crippen molar-refractivity contribution in [1.82, 2.24) is 20.3 Å². The highest BCUT2D eigenvalue weighted by molar-refractivity contribution is 5.89. The lowest BCUT2D eigenvalue weighted by Gasteiger charge is -2.27. The van der Waals surface area contributed by atoms with E-state index in [0.717, 1.165) is 29.8 Å². The first-order valence-electron chi connectivity index (χ1n) is 10.4. The molecule has 1 aliphatic carbocycles. The Hall–Kier alpha value is -2.98. The fraction of sp³-hybridized carbons (Fsp3) is 0.280. The van der Waals surface area contributed by atoms with Crippen LogP contribution in [0.3, 0.4) is 0 Å². The molecule has 146 valence electrons. The van der Waals surface area contributed by atoms with E-state index in [-0.39, 0.29) is 0 Å². The van der Waals surface area contributed by atoms with Gasteiger partial charge in [-0.25, -0.2) is 9.97 Å². The van der Waals surface area contributed by atoms with Crippen LogP contribution in [0.2, 0.25) is 0 Å². The van der Waals surface area contributed by atoms with Crippen LogP contribution in [0.5, 0.6) is 0 Å². The largest absolute Gasteiger partial charge is 0.357 e. The first kappa shape index (κ1) is 18.1. The Morgan fingerprint density at radius 3 is 2.62 bits per heavy atom. The van der Waals surface area contributed by atoms with Crippen LogP contribution in [0, 0.1) is 6.92 Å². The summed E-state index contributed by atoms with van der Waals surface area (Å²) in [5, 5.41) is 5.20. The van der Waals surface area contributed by atoms with Gasteiger partial charge in [-0.3, -0.25) is 0 Å². The van der Waals surface area contributed by atoms with Crippen molar-refractivity contribution in [3.05, 3.63) is 83.6 Å². The van der Waals surface area contributed by atoms with Crippen LogP contribution in [-0.4, -0.2) is 15.0 Å². The third-order valence-electron chi connectivity index (χ3n) is 6.07. The number of nitrogens with zero attached hydrogens (tertiary/aromatic N) is 2.